The molecule has 0 saturated carbocycles. The van der Waals surface area contributed by atoms with E-state index in [1.807, 2.05) is 23.2 Å². The number of likely N-dealkylation sites (tertiary alicyclic amines) is 1. The second kappa shape index (κ2) is 6.00. The molecule has 3 heterocycles. The minimum absolute atomic E-state index is 0.0126. The summed E-state index contributed by atoms with van der Waals surface area (Å²) in [6, 6.07) is 10.5. The Morgan fingerprint density at radius 3 is 2.83 bits per heavy atom. The Bertz CT molecular complexity index is 879. The van der Waals surface area contributed by atoms with E-state index in [-0.39, 0.29) is 11.7 Å². The molecule has 0 radical (unpaired) electrons. The number of carbonyl (C=O) groups excluding carboxylic acids is 1. The summed E-state index contributed by atoms with van der Waals surface area (Å²) < 4.78 is 0. The molecule has 0 aliphatic carbocycles. The molecule has 1 saturated heterocycles. The van der Waals surface area contributed by atoms with Gasteiger partial charge in [0.25, 0.3) is 5.91 Å². The zero-order valence-corrected chi connectivity index (χ0v) is 13.3. The zero-order chi connectivity index (χ0) is 16.5. The molecule has 2 N–H and O–H groups in total. The number of phenolic OH excluding ortho intramolecular Hbond substituents is 1. The monoisotopic (exact) mass is 321 g/mol. The number of aromatic nitrogens is 2. The number of H-pyrrole nitrogens is 1. The van der Waals surface area contributed by atoms with Gasteiger partial charge in [-0.2, -0.15) is 0 Å². The minimum Gasteiger partial charge on any atom is -0.508 e. The lowest BCUT2D eigenvalue weighted by Crippen LogP contribution is -2.37. The fourth-order valence-corrected chi connectivity index (χ4v) is 3.50. The third-order valence-electron chi connectivity index (χ3n) is 4.78. The van der Waals surface area contributed by atoms with Crippen LogP contribution in [0.2, 0.25) is 0 Å². The van der Waals surface area contributed by atoms with Gasteiger partial charge in [0.15, 0.2) is 0 Å². The van der Waals surface area contributed by atoms with Crippen molar-refractivity contribution in [2.45, 2.75) is 18.8 Å². The Morgan fingerprint density at radius 1 is 1.21 bits per heavy atom. The maximum absolute atomic E-state index is 12.6. The van der Waals surface area contributed by atoms with Crippen molar-refractivity contribution < 1.29 is 9.90 Å². The molecular weight excluding hydrogens is 302 g/mol. The van der Waals surface area contributed by atoms with E-state index in [0.717, 1.165) is 37.0 Å². The van der Waals surface area contributed by atoms with Gasteiger partial charge in [0.2, 0.25) is 0 Å². The molecule has 0 atom stereocenters. The van der Waals surface area contributed by atoms with Gasteiger partial charge < -0.3 is 15.0 Å². The highest BCUT2D eigenvalue weighted by atomic mass is 16.3. The maximum Gasteiger partial charge on any atom is 0.253 e. The Balaban J connectivity index is 1.48. The summed E-state index contributed by atoms with van der Waals surface area (Å²) in [6.45, 7) is 1.44. The van der Waals surface area contributed by atoms with Crippen molar-refractivity contribution in [3.05, 3.63) is 59.9 Å². The molecule has 122 valence electrons. The van der Waals surface area contributed by atoms with Gasteiger partial charge in [-0.1, -0.05) is 6.07 Å². The summed E-state index contributed by atoms with van der Waals surface area (Å²) in [7, 11) is 0. The highest BCUT2D eigenvalue weighted by Crippen LogP contribution is 2.32. The van der Waals surface area contributed by atoms with E-state index >= 15 is 0 Å². The van der Waals surface area contributed by atoms with Crippen LogP contribution in [0.1, 0.15) is 34.7 Å². The van der Waals surface area contributed by atoms with Crippen LogP contribution < -0.4 is 0 Å². The van der Waals surface area contributed by atoms with Crippen molar-refractivity contribution >= 4 is 16.9 Å². The van der Waals surface area contributed by atoms with Crippen molar-refractivity contribution in [1.29, 1.82) is 0 Å². The molecule has 5 nitrogen and oxygen atoms in total. The van der Waals surface area contributed by atoms with Crippen molar-refractivity contribution in [1.82, 2.24) is 14.9 Å². The first kappa shape index (κ1) is 14.8. The number of aromatic amines is 1. The van der Waals surface area contributed by atoms with Crippen LogP contribution in [0.25, 0.3) is 11.0 Å². The molecule has 1 amide bonds. The van der Waals surface area contributed by atoms with Gasteiger partial charge in [-0.25, -0.2) is 0 Å². The first-order valence-corrected chi connectivity index (χ1v) is 8.22. The van der Waals surface area contributed by atoms with Crippen LogP contribution in [0.4, 0.5) is 0 Å². The van der Waals surface area contributed by atoms with Gasteiger partial charge in [0.1, 0.15) is 5.75 Å². The predicted octanol–water partition coefficient (Wildman–Crippen LogP) is 3.29. The standard InChI is InChI=1S/C19H19N3O2/c23-15-4-1-3-14(11-15)19(24)22-9-6-13(7-10-22)16-12-21-17-5-2-8-20-18(16)17/h1-5,8,11-13,21,23H,6-7,9-10H2. The number of nitrogens with zero attached hydrogens (tertiary/aromatic N) is 2. The number of hydrogen-bond acceptors (Lipinski definition) is 3. The normalized spacial score (nSPS) is 15.8. The van der Waals surface area contributed by atoms with Gasteiger partial charge in [-0.15, -0.1) is 0 Å². The van der Waals surface area contributed by atoms with Gasteiger partial charge in [-0.3, -0.25) is 9.78 Å². The topological polar surface area (TPSA) is 69.2 Å². The zero-order valence-electron chi connectivity index (χ0n) is 13.3. The summed E-state index contributed by atoms with van der Waals surface area (Å²) in [5.41, 5.74) is 3.89. The summed E-state index contributed by atoms with van der Waals surface area (Å²) in [4.78, 5) is 22.2. The lowest BCUT2D eigenvalue weighted by molar-refractivity contribution is 0.0713. The van der Waals surface area contributed by atoms with E-state index in [4.69, 9.17) is 0 Å². The Labute approximate surface area is 139 Å². The number of carbonyl (C=O) groups is 1. The van der Waals surface area contributed by atoms with E-state index in [2.05, 4.69) is 16.2 Å². The van der Waals surface area contributed by atoms with E-state index in [1.54, 1.807) is 18.2 Å². The van der Waals surface area contributed by atoms with Crippen LogP contribution in [0.3, 0.4) is 0 Å². The fraction of sp³-hybridized carbons (Fsp3) is 0.263. The number of hydrogen-bond donors (Lipinski definition) is 2. The summed E-state index contributed by atoms with van der Waals surface area (Å²) >= 11 is 0. The molecule has 0 bridgehead atoms. The predicted molar refractivity (Wildman–Crippen MR) is 92.1 cm³/mol. The van der Waals surface area contributed by atoms with Gasteiger partial charge in [0.05, 0.1) is 11.0 Å². The van der Waals surface area contributed by atoms with Crippen LogP contribution in [-0.4, -0.2) is 39.0 Å². The minimum atomic E-state index is -0.0126. The third-order valence-corrected chi connectivity index (χ3v) is 4.78. The molecule has 1 fully saturated rings. The summed E-state index contributed by atoms with van der Waals surface area (Å²) in [5, 5.41) is 9.55. The number of fused-ring (bicyclic) bond motifs is 1. The molecule has 1 aliphatic heterocycles. The van der Waals surface area contributed by atoms with Crippen LogP contribution >= 0.6 is 0 Å². The smallest absolute Gasteiger partial charge is 0.253 e. The van der Waals surface area contributed by atoms with Crippen LogP contribution in [0.5, 0.6) is 5.75 Å². The quantitative estimate of drug-likeness (QED) is 0.761. The number of aromatic hydroxyl groups is 1. The molecule has 3 aromatic rings. The first-order chi connectivity index (χ1) is 11.7. The number of amides is 1. The van der Waals surface area contributed by atoms with Crippen LogP contribution in [0.15, 0.2) is 48.8 Å². The SMILES string of the molecule is O=C(c1cccc(O)c1)N1CCC(c2c[nH]c3cccnc23)CC1. The molecule has 1 aliphatic rings. The highest BCUT2D eigenvalue weighted by molar-refractivity contribution is 5.94. The molecule has 0 unspecified atom stereocenters. The average molecular weight is 321 g/mol. The largest absolute Gasteiger partial charge is 0.508 e. The molecule has 0 spiro atoms. The lowest BCUT2D eigenvalue weighted by atomic mass is 9.90. The summed E-state index contributed by atoms with van der Waals surface area (Å²) in [5.74, 6) is 0.531. The average Bonchev–Trinajstić information content (AvgIpc) is 3.05. The van der Waals surface area contributed by atoms with Gasteiger partial charge in [0, 0.05) is 31.0 Å². The van der Waals surface area contributed by atoms with Crippen molar-refractivity contribution in [3.8, 4) is 5.75 Å². The van der Waals surface area contributed by atoms with Crippen LogP contribution in [0, 0.1) is 0 Å². The number of piperidine rings is 1. The maximum atomic E-state index is 12.6. The molecule has 5 heteroatoms. The van der Waals surface area contributed by atoms with Gasteiger partial charge in [-0.05, 0) is 54.7 Å². The third kappa shape index (κ3) is 2.62. The van der Waals surface area contributed by atoms with Crippen molar-refractivity contribution in [2.75, 3.05) is 13.1 Å². The first-order valence-electron chi connectivity index (χ1n) is 8.22. The van der Waals surface area contributed by atoms with Gasteiger partial charge >= 0.3 is 0 Å². The second-order valence-corrected chi connectivity index (χ2v) is 6.26. The summed E-state index contributed by atoms with van der Waals surface area (Å²) in [6.07, 6.45) is 5.72. The second-order valence-electron chi connectivity index (χ2n) is 6.26. The number of benzene rings is 1. The van der Waals surface area contributed by atoms with Crippen molar-refractivity contribution in [2.24, 2.45) is 0 Å². The van der Waals surface area contributed by atoms with E-state index in [0.29, 0.717) is 11.5 Å². The Kier molecular flexibility index (Phi) is 3.69. The lowest BCUT2D eigenvalue weighted by Gasteiger charge is -2.32. The number of pyridine rings is 1. The van der Waals surface area contributed by atoms with E-state index in [1.165, 1.54) is 11.6 Å². The molecule has 1 aromatic carbocycles. The van der Waals surface area contributed by atoms with Crippen LogP contribution in [-0.2, 0) is 0 Å². The fourth-order valence-electron chi connectivity index (χ4n) is 3.50. The molecule has 24 heavy (non-hydrogen) atoms. The number of nitrogens with one attached hydrogen (secondary N) is 1. The Morgan fingerprint density at radius 2 is 2.04 bits per heavy atom. The number of phenols is 1. The van der Waals surface area contributed by atoms with Crippen molar-refractivity contribution in [3.63, 3.8) is 0 Å². The van der Waals surface area contributed by atoms with E-state index < -0.39 is 0 Å². The Hall–Kier alpha value is -2.82. The van der Waals surface area contributed by atoms with E-state index in [9.17, 15) is 9.90 Å². The molecule has 2 aromatic heterocycles. The molecule has 4 rings (SSSR count). The number of rotatable bonds is 2. The highest BCUT2D eigenvalue weighted by Gasteiger charge is 2.26. The molecular formula is C19H19N3O2.